The fourth-order valence-electron chi connectivity index (χ4n) is 4.97. The molecule has 0 amide bonds. The van der Waals surface area contributed by atoms with Gasteiger partial charge in [-0.15, -0.1) is 5.10 Å². The number of carbonyl (C=O) groups excluding carboxylic acids is 4. The van der Waals surface area contributed by atoms with E-state index in [2.05, 4.69) is 10.2 Å². The van der Waals surface area contributed by atoms with Gasteiger partial charge in [-0.25, -0.2) is 0 Å². The second kappa shape index (κ2) is 16.0. The van der Waals surface area contributed by atoms with Gasteiger partial charge in [-0.3, -0.25) is 29.1 Å². The molecule has 1 aromatic heterocycles. The Kier molecular flexibility index (Phi) is 12.5. The van der Waals surface area contributed by atoms with E-state index in [0.717, 1.165) is 37.6 Å². The lowest BCUT2D eigenvalue weighted by molar-refractivity contribution is -0.289. The van der Waals surface area contributed by atoms with Gasteiger partial charge in [0, 0.05) is 51.8 Å². The zero-order valence-corrected chi connectivity index (χ0v) is 26.2. The summed E-state index contributed by atoms with van der Waals surface area (Å²) in [5, 5.41) is 16.3. The molecule has 1 aromatic carbocycles. The Hall–Kier alpha value is -4.46. The third-order valence-electron chi connectivity index (χ3n) is 6.87. The summed E-state index contributed by atoms with van der Waals surface area (Å²) in [6.07, 6.45) is -5.04. The number of ether oxygens (including phenoxy) is 6. The maximum atomic E-state index is 12.2. The van der Waals surface area contributed by atoms with Crippen molar-refractivity contribution in [3.8, 4) is 5.88 Å². The maximum Gasteiger partial charge on any atom is 0.303 e. The van der Waals surface area contributed by atoms with Crippen LogP contribution in [0.1, 0.15) is 82.7 Å². The highest BCUT2D eigenvalue weighted by Crippen LogP contribution is 2.34. The Labute approximate surface area is 260 Å². The summed E-state index contributed by atoms with van der Waals surface area (Å²) in [4.78, 5) is 58.8. The van der Waals surface area contributed by atoms with Gasteiger partial charge in [-0.2, -0.15) is 0 Å². The first kappa shape index (κ1) is 35.0. The average molecular weight is 633 g/mol. The van der Waals surface area contributed by atoms with E-state index >= 15 is 0 Å². The van der Waals surface area contributed by atoms with E-state index in [1.165, 1.54) is 6.92 Å². The maximum absolute atomic E-state index is 12.2. The van der Waals surface area contributed by atoms with Gasteiger partial charge >= 0.3 is 29.8 Å². The largest absolute Gasteiger partial charge is 0.481 e. The summed E-state index contributed by atoms with van der Waals surface area (Å²) in [7, 11) is 0. The Morgan fingerprint density at radius 1 is 0.867 bits per heavy atom. The molecule has 1 aliphatic heterocycles. The number of hydrogen-bond acceptors (Lipinski definition) is 12. The van der Waals surface area contributed by atoms with Crippen LogP contribution in [0.4, 0.5) is 0 Å². The third kappa shape index (κ3) is 10.3. The van der Waals surface area contributed by atoms with Gasteiger partial charge in [0.05, 0.1) is 0 Å². The number of benzene rings is 1. The van der Waals surface area contributed by atoms with Crippen molar-refractivity contribution in [2.75, 3.05) is 6.61 Å². The van der Waals surface area contributed by atoms with Crippen molar-refractivity contribution in [1.82, 2.24) is 10.2 Å². The molecule has 0 spiro atoms. The molecule has 14 heteroatoms. The number of nitrogens with zero attached hydrogens (tertiary/aromatic N) is 1. The topological polar surface area (TPSA) is 190 Å². The molecular weight excluding hydrogens is 592 g/mol. The van der Waals surface area contributed by atoms with Crippen LogP contribution in [0.15, 0.2) is 24.3 Å². The molecule has 246 valence electrons. The van der Waals surface area contributed by atoms with Crippen molar-refractivity contribution in [2.45, 2.75) is 104 Å². The second-order valence-electron chi connectivity index (χ2n) is 11.0. The van der Waals surface area contributed by atoms with Crippen molar-refractivity contribution in [3.05, 3.63) is 46.6 Å². The van der Waals surface area contributed by atoms with E-state index in [4.69, 9.17) is 33.5 Å². The molecule has 1 saturated heterocycles. The molecule has 3 rings (SSSR count). The quantitative estimate of drug-likeness (QED) is 0.229. The molecule has 0 bridgehead atoms. The van der Waals surface area contributed by atoms with E-state index in [1.54, 1.807) is 0 Å². The first-order valence-electron chi connectivity index (χ1n) is 14.6. The number of nitrogens with one attached hydrogen (secondary N) is 1. The number of aryl methyl sites for hydroxylation is 1. The lowest BCUT2D eigenvalue weighted by Crippen LogP contribution is -2.63. The predicted molar refractivity (Wildman–Crippen MR) is 155 cm³/mol. The van der Waals surface area contributed by atoms with Crippen molar-refractivity contribution in [3.63, 3.8) is 0 Å². The summed E-state index contributed by atoms with van der Waals surface area (Å²) in [5.41, 5.74) is 3.40. The lowest BCUT2D eigenvalue weighted by Gasteiger charge is -2.43. The molecule has 1 aliphatic rings. The van der Waals surface area contributed by atoms with Gasteiger partial charge in [0.1, 0.15) is 12.7 Å². The van der Waals surface area contributed by atoms with Crippen LogP contribution in [-0.4, -0.2) is 82.5 Å². The van der Waals surface area contributed by atoms with Crippen molar-refractivity contribution in [2.24, 2.45) is 0 Å². The van der Waals surface area contributed by atoms with Gasteiger partial charge < -0.3 is 33.5 Å². The number of esters is 4. The Balaban J connectivity index is 1.97. The minimum absolute atomic E-state index is 0.00976. The number of aromatic amines is 1. The number of hydrogen-bond donors (Lipinski definition) is 2. The first-order valence-corrected chi connectivity index (χ1v) is 14.6. The van der Waals surface area contributed by atoms with Crippen LogP contribution in [0, 0.1) is 0 Å². The van der Waals surface area contributed by atoms with Crippen molar-refractivity contribution >= 4 is 29.8 Å². The summed E-state index contributed by atoms with van der Waals surface area (Å²) in [6, 6.07) is 7.75. The second-order valence-corrected chi connectivity index (χ2v) is 11.0. The van der Waals surface area contributed by atoms with Crippen LogP contribution in [0.2, 0.25) is 0 Å². The Morgan fingerprint density at radius 2 is 1.44 bits per heavy atom. The highest BCUT2D eigenvalue weighted by atomic mass is 16.7. The zero-order valence-electron chi connectivity index (χ0n) is 26.2. The normalized spacial score (nSPS) is 21.1. The smallest absolute Gasteiger partial charge is 0.303 e. The SMILES string of the molecule is CC(=O)OC[C@H]1O[C@@H](Oc2n[nH]c(C(C)C)c2Cc2ccc(CCCC(=O)O)cc2)[C@H](OC(C)=O)[C@@H](OC(C)=O)[C@@H]1OC(C)=O. The number of aromatic nitrogens is 2. The van der Waals surface area contributed by atoms with E-state index in [-0.39, 0.29) is 24.8 Å². The summed E-state index contributed by atoms with van der Waals surface area (Å²) < 4.78 is 33.9. The van der Waals surface area contributed by atoms with Gasteiger partial charge in [0.2, 0.25) is 18.3 Å². The van der Waals surface area contributed by atoms with Gasteiger partial charge in [0.15, 0.2) is 12.2 Å². The monoisotopic (exact) mass is 632 g/mol. The predicted octanol–water partition coefficient (Wildman–Crippen LogP) is 2.99. The van der Waals surface area contributed by atoms with Crippen LogP contribution >= 0.6 is 0 Å². The van der Waals surface area contributed by atoms with Crippen LogP contribution in [-0.2, 0) is 60.5 Å². The van der Waals surface area contributed by atoms with Crippen LogP contribution in [0.25, 0.3) is 0 Å². The highest BCUT2D eigenvalue weighted by Gasteiger charge is 2.53. The fraction of sp³-hybridized carbons (Fsp3) is 0.548. The molecule has 0 aliphatic carbocycles. The van der Waals surface area contributed by atoms with Gasteiger partial charge in [-0.1, -0.05) is 38.1 Å². The molecule has 0 radical (unpaired) electrons. The number of aliphatic carboxylic acids is 1. The molecule has 45 heavy (non-hydrogen) atoms. The van der Waals surface area contributed by atoms with Crippen LogP contribution in [0.5, 0.6) is 5.88 Å². The van der Waals surface area contributed by atoms with Crippen molar-refractivity contribution < 1.29 is 57.5 Å². The molecular formula is C31H40N2O12. The van der Waals surface area contributed by atoms with E-state index < -0.39 is 60.6 Å². The highest BCUT2D eigenvalue weighted by molar-refractivity contribution is 5.69. The van der Waals surface area contributed by atoms with Crippen molar-refractivity contribution in [1.29, 1.82) is 0 Å². The van der Waals surface area contributed by atoms with Crippen LogP contribution < -0.4 is 4.74 Å². The standard InChI is InChI=1S/C31H40N2O12/c1-16(2)26-23(14-22-12-10-21(11-13-22)8-7-9-25(38)39)30(33-32-26)45-31-29(43-20(6)37)28(42-19(5)36)27(41-18(4)35)24(44-31)15-40-17(3)34/h10-13,16,24,27-29,31H,7-9,14-15H2,1-6H3,(H,32,33)(H,38,39)/t24-,27-,28+,29-,31+/m1/s1. The molecule has 0 unspecified atom stereocenters. The Bertz CT molecular complexity index is 1350. The van der Waals surface area contributed by atoms with Crippen LogP contribution in [0.3, 0.4) is 0 Å². The Morgan fingerprint density at radius 3 is 2.00 bits per heavy atom. The summed E-state index contributed by atoms with van der Waals surface area (Å²) >= 11 is 0. The fourth-order valence-corrected chi connectivity index (χ4v) is 4.97. The molecule has 1 fully saturated rings. The third-order valence-corrected chi connectivity index (χ3v) is 6.87. The summed E-state index contributed by atoms with van der Waals surface area (Å²) in [6.45, 7) is 8.18. The van der Waals surface area contributed by atoms with Gasteiger partial charge in [-0.05, 0) is 29.9 Å². The number of carbonyl (C=O) groups is 5. The molecule has 2 N–H and O–H groups in total. The van der Waals surface area contributed by atoms with E-state index in [0.29, 0.717) is 24.8 Å². The summed E-state index contributed by atoms with van der Waals surface area (Å²) in [5.74, 6) is -3.57. The minimum Gasteiger partial charge on any atom is -0.481 e. The molecule has 0 saturated carbocycles. The first-order chi connectivity index (χ1) is 21.2. The van der Waals surface area contributed by atoms with E-state index in [1.807, 2.05) is 38.1 Å². The molecule has 2 aromatic rings. The number of H-pyrrole nitrogens is 1. The number of rotatable bonds is 14. The minimum atomic E-state index is -1.43. The zero-order chi connectivity index (χ0) is 33.3. The lowest BCUT2D eigenvalue weighted by atomic mass is 9.97. The molecule has 5 atom stereocenters. The molecule has 14 nitrogen and oxygen atoms in total. The average Bonchev–Trinajstić information content (AvgIpc) is 3.33. The molecule has 2 heterocycles. The van der Waals surface area contributed by atoms with E-state index in [9.17, 15) is 24.0 Å². The van der Waals surface area contributed by atoms with Gasteiger partial charge in [0.25, 0.3) is 0 Å². The number of carboxylic acid groups (broad SMARTS) is 1. The number of carboxylic acids is 1.